The van der Waals surface area contributed by atoms with Crippen LogP contribution in [0.1, 0.15) is 11.4 Å². The minimum Gasteiger partial charge on any atom is -0.318 e. The number of nitrogens with zero attached hydrogens (tertiary/aromatic N) is 2. The Labute approximate surface area is 87.7 Å². The van der Waals surface area contributed by atoms with E-state index in [9.17, 15) is 18.0 Å². The number of aromatic amines is 1. The van der Waals surface area contributed by atoms with Crippen LogP contribution in [0.3, 0.4) is 0 Å². The summed E-state index contributed by atoms with van der Waals surface area (Å²) in [5, 5.41) is 0. The van der Waals surface area contributed by atoms with E-state index in [-0.39, 0.29) is 11.2 Å². The van der Waals surface area contributed by atoms with Crippen molar-refractivity contribution < 1.29 is 13.2 Å². The van der Waals surface area contributed by atoms with Gasteiger partial charge in [-0.1, -0.05) is 0 Å². The minimum absolute atomic E-state index is 0.0809. The number of H-pyrrole nitrogens is 1. The third-order valence-corrected chi connectivity index (χ3v) is 2.40. The van der Waals surface area contributed by atoms with Gasteiger partial charge < -0.3 is 9.55 Å². The summed E-state index contributed by atoms with van der Waals surface area (Å²) in [5.41, 5.74) is -1.94. The van der Waals surface area contributed by atoms with Gasteiger partial charge in [0, 0.05) is 13.1 Å². The zero-order valence-electron chi connectivity index (χ0n) is 8.51. The summed E-state index contributed by atoms with van der Waals surface area (Å²) < 4.78 is 39.3. The molecule has 0 amide bonds. The van der Waals surface area contributed by atoms with Crippen LogP contribution in [0.5, 0.6) is 0 Å². The molecule has 0 aliphatic heterocycles. The molecule has 2 aromatic heterocycles. The van der Waals surface area contributed by atoms with Gasteiger partial charge in [0.1, 0.15) is 17.0 Å². The van der Waals surface area contributed by atoms with E-state index in [1.54, 1.807) is 14.0 Å². The maximum Gasteiger partial charge on any atom is 0.418 e. The first-order chi connectivity index (χ1) is 7.30. The van der Waals surface area contributed by atoms with E-state index in [0.717, 1.165) is 0 Å². The third kappa shape index (κ3) is 1.48. The van der Waals surface area contributed by atoms with Gasteiger partial charge in [-0.05, 0) is 6.92 Å². The smallest absolute Gasteiger partial charge is 0.318 e. The number of aryl methyl sites for hydroxylation is 2. The first-order valence-corrected chi connectivity index (χ1v) is 4.44. The summed E-state index contributed by atoms with van der Waals surface area (Å²) in [5.74, 6) is 0.405. The van der Waals surface area contributed by atoms with Crippen molar-refractivity contribution in [1.82, 2.24) is 14.5 Å². The summed E-state index contributed by atoms with van der Waals surface area (Å²) in [4.78, 5) is 17.2. The normalized spacial score (nSPS) is 12.3. The second-order valence-corrected chi connectivity index (χ2v) is 3.46. The van der Waals surface area contributed by atoms with Crippen LogP contribution >= 0.6 is 0 Å². The molecule has 0 atom stereocenters. The average molecular weight is 231 g/mol. The van der Waals surface area contributed by atoms with Gasteiger partial charge in [0.25, 0.3) is 0 Å². The molecule has 0 bridgehead atoms. The molecule has 0 aromatic carbocycles. The molecule has 0 unspecified atom stereocenters. The number of aromatic nitrogens is 3. The molecule has 0 fully saturated rings. The van der Waals surface area contributed by atoms with E-state index in [4.69, 9.17) is 0 Å². The quantitative estimate of drug-likeness (QED) is 0.748. The van der Waals surface area contributed by atoms with Gasteiger partial charge in [-0.25, -0.2) is 4.98 Å². The molecule has 0 aliphatic carbocycles. The van der Waals surface area contributed by atoms with Gasteiger partial charge in [0.2, 0.25) is 5.56 Å². The lowest BCUT2D eigenvalue weighted by Gasteiger charge is -2.06. The summed E-state index contributed by atoms with van der Waals surface area (Å²) in [7, 11) is 1.54. The Kier molecular flexibility index (Phi) is 2.08. The number of imidazole rings is 1. The Morgan fingerprint density at radius 1 is 1.44 bits per heavy atom. The molecule has 0 aliphatic rings. The van der Waals surface area contributed by atoms with E-state index in [1.807, 2.05) is 0 Å². The Morgan fingerprint density at radius 3 is 2.62 bits per heavy atom. The maximum absolute atomic E-state index is 12.6. The Bertz CT molecular complexity index is 609. The van der Waals surface area contributed by atoms with Crippen LogP contribution in [-0.2, 0) is 13.2 Å². The zero-order chi connectivity index (χ0) is 12.1. The highest BCUT2D eigenvalue weighted by Gasteiger charge is 2.34. The molecule has 86 valence electrons. The number of hydrogen-bond donors (Lipinski definition) is 1. The standard InChI is InChI=1S/C9H8F3N3O/c1-4-13-7-5(9(10,11)12)3-6(16)14-8(7)15(4)2/h3H,1-2H3,(H,14,16). The molecule has 0 radical (unpaired) electrons. The van der Waals surface area contributed by atoms with E-state index in [0.29, 0.717) is 11.9 Å². The number of alkyl halides is 3. The molecule has 4 nitrogen and oxygen atoms in total. The lowest BCUT2D eigenvalue weighted by Crippen LogP contribution is -2.14. The summed E-state index contributed by atoms with van der Waals surface area (Å²) in [6.45, 7) is 1.57. The number of pyridine rings is 1. The first-order valence-electron chi connectivity index (χ1n) is 4.44. The predicted octanol–water partition coefficient (Wildman–Crippen LogP) is 1.59. The second-order valence-electron chi connectivity index (χ2n) is 3.46. The van der Waals surface area contributed by atoms with Crippen LogP contribution in [0, 0.1) is 6.92 Å². The molecule has 7 heteroatoms. The summed E-state index contributed by atoms with van der Waals surface area (Å²) in [6, 6.07) is 0.523. The molecule has 2 heterocycles. The maximum atomic E-state index is 12.6. The first kappa shape index (κ1) is 10.7. The largest absolute Gasteiger partial charge is 0.418 e. The number of fused-ring (bicyclic) bond motifs is 1. The molecule has 2 aromatic rings. The van der Waals surface area contributed by atoms with E-state index in [2.05, 4.69) is 9.97 Å². The SMILES string of the molecule is Cc1nc2c(C(F)(F)F)cc(=O)[nH]c2n1C. The topological polar surface area (TPSA) is 50.7 Å². The van der Waals surface area contributed by atoms with Crippen molar-refractivity contribution in [2.45, 2.75) is 13.1 Å². The molecule has 0 saturated heterocycles. The minimum atomic E-state index is -4.58. The lowest BCUT2D eigenvalue weighted by molar-refractivity contribution is -0.136. The highest BCUT2D eigenvalue weighted by Crippen LogP contribution is 2.32. The van der Waals surface area contributed by atoms with E-state index >= 15 is 0 Å². The van der Waals surface area contributed by atoms with Crippen molar-refractivity contribution in [1.29, 1.82) is 0 Å². The molecule has 0 spiro atoms. The highest BCUT2D eigenvalue weighted by molar-refractivity contribution is 5.76. The second kappa shape index (κ2) is 3.10. The fourth-order valence-corrected chi connectivity index (χ4v) is 1.51. The average Bonchev–Trinajstić information content (AvgIpc) is 2.42. The van der Waals surface area contributed by atoms with Gasteiger partial charge in [-0.15, -0.1) is 0 Å². The van der Waals surface area contributed by atoms with Crippen molar-refractivity contribution >= 4 is 11.2 Å². The summed E-state index contributed by atoms with van der Waals surface area (Å²) >= 11 is 0. The van der Waals surface area contributed by atoms with Crippen LogP contribution in [0.15, 0.2) is 10.9 Å². The fourth-order valence-electron chi connectivity index (χ4n) is 1.51. The van der Waals surface area contributed by atoms with Crippen molar-refractivity contribution in [2.24, 2.45) is 7.05 Å². The fraction of sp³-hybridized carbons (Fsp3) is 0.333. The highest BCUT2D eigenvalue weighted by atomic mass is 19.4. The zero-order valence-corrected chi connectivity index (χ0v) is 8.51. The van der Waals surface area contributed by atoms with Gasteiger partial charge >= 0.3 is 6.18 Å². The molecule has 0 saturated carbocycles. The van der Waals surface area contributed by atoms with E-state index in [1.165, 1.54) is 4.57 Å². The number of halogens is 3. The lowest BCUT2D eigenvalue weighted by atomic mass is 10.2. The number of nitrogens with one attached hydrogen (secondary N) is 1. The predicted molar refractivity (Wildman–Crippen MR) is 51.1 cm³/mol. The number of rotatable bonds is 0. The summed E-state index contributed by atoms with van der Waals surface area (Å²) in [6.07, 6.45) is -4.58. The van der Waals surface area contributed by atoms with Gasteiger partial charge in [-0.2, -0.15) is 13.2 Å². The Balaban J connectivity index is 2.95. The molecule has 16 heavy (non-hydrogen) atoms. The third-order valence-electron chi connectivity index (χ3n) is 2.40. The molecule has 2 rings (SSSR count). The van der Waals surface area contributed by atoms with Gasteiger partial charge in [-0.3, -0.25) is 4.79 Å². The van der Waals surface area contributed by atoms with Crippen LogP contribution in [-0.4, -0.2) is 14.5 Å². The van der Waals surface area contributed by atoms with Crippen molar-refractivity contribution in [2.75, 3.05) is 0 Å². The Morgan fingerprint density at radius 2 is 2.06 bits per heavy atom. The van der Waals surface area contributed by atoms with Gasteiger partial charge in [0.05, 0.1) is 5.56 Å². The monoisotopic (exact) mass is 231 g/mol. The molecular formula is C9H8F3N3O. The number of hydrogen-bond acceptors (Lipinski definition) is 2. The van der Waals surface area contributed by atoms with Crippen LogP contribution in [0.25, 0.3) is 11.2 Å². The van der Waals surface area contributed by atoms with Crippen molar-refractivity contribution in [3.63, 3.8) is 0 Å². The van der Waals surface area contributed by atoms with Crippen LogP contribution in [0.4, 0.5) is 13.2 Å². The van der Waals surface area contributed by atoms with Gasteiger partial charge in [0.15, 0.2) is 0 Å². The Hall–Kier alpha value is -1.79. The van der Waals surface area contributed by atoms with Crippen LogP contribution in [0.2, 0.25) is 0 Å². The van der Waals surface area contributed by atoms with Crippen LogP contribution < -0.4 is 5.56 Å². The van der Waals surface area contributed by atoms with Crippen molar-refractivity contribution in [3.05, 3.63) is 27.8 Å². The molecular weight excluding hydrogens is 223 g/mol. The van der Waals surface area contributed by atoms with E-state index < -0.39 is 17.3 Å². The van der Waals surface area contributed by atoms with Crippen molar-refractivity contribution in [3.8, 4) is 0 Å². The molecule has 1 N–H and O–H groups in total.